The molecule has 0 aromatic rings. The summed E-state index contributed by atoms with van der Waals surface area (Å²) in [5.41, 5.74) is 0. The summed E-state index contributed by atoms with van der Waals surface area (Å²) in [6.45, 7) is 1.18. The number of hydrogen-bond donors (Lipinski definition) is 0. The zero-order chi connectivity index (χ0) is 7.78. The molecule has 0 aromatic carbocycles. The molecule has 1 saturated heterocycles. The van der Waals surface area contributed by atoms with Crippen LogP contribution in [0.5, 0.6) is 0 Å². The molecule has 58 valence electrons. The van der Waals surface area contributed by atoms with E-state index in [0.717, 1.165) is 12.7 Å². The molecule has 0 spiro atoms. The molecule has 4 nitrogen and oxygen atoms in total. The number of carbonyl (C=O) groups excluding carboxylic acids is 1. The van der Waals surface area contributed by atoms with Crippen LogP contribution in [0.4, 0.5) is 4.79 Å². The van der Waals surface area contributed by atoms with E-state index in [0.29, 0.717) is 13.1 Å². The van der Waals surface area contributed by atoms with Crippen LogP contribution >= 0.6 is 0 Å². The Morgan fingerprint density at radius 3 is 2.00 bits per heavy atom. The van der Waals surface area contributed by atoms with Crippen molar-refractivity contribution in [2.75, 3.05) is 19.3 Å². The molecule has 1 amide bonds. The summed E-state index contributed by atoms with van der Waals surface area (Å²) in [6, 6.07) is 0. The van der Waals surface area contributed by atoms with Crippen LogP contribution in [0, 0.1) is 0 Å². The molecule has 0 aromatic heterocycles. The summed E-state index contributed by atoms with van der Waals surface area (Å²) in [6.07, 6.45) is 1.86. The second-order valence-corrected chi connectivity index (χ2v) is 4.27. The fourth-order valence-electron chi connectivity index (χ4n) is 0.733. The predicted molar refractivity (Wildman–Crippen MR) is 36.4 cm³/mol. The van der Waals surface area contributed by atoms with Gasteiger partial charge in [-0.2, -0.15) is 0 Å². The molecule has 1 rings (SSSR count). The molecule has 1 heterocycles. The van der Waals surface area contributed by atoms with Crippen LogP contribution < -0.4 is 0 Å². The smallest absolute Gasteiger partial charge is 0.329 e. The van der Waals surface area contributed by atoms with Crippen molar-refractivity contribution in [1.82, 2.24) is 4.90 Å². The number of sulfone groups is 1. The highest BCUT2D eigenvalue weighted by atomic mass is 32.2. The van der Waals surface area contributed by atoms with Gasteiger partial charge in [0.05, 0.1) is 0 Å². The van der Waals surface area contributed by atoms with E-state index in [2.05, 4.69) is 0 Å². The highest BCUT2D eigenvalue weighted by molar-refractivity contribution is 8.05. The van der Waals surface area contributed by atoms with E-state index in [1.807, 2.05) is 0 Å². The quantitative estimate of drug-likeness (QED) is 0.499. The minimum absolute atomic E-state index is 0.589. The molecular formula is C5H9NO3S. The van der Waals surface area contributed by atoms with Crippen LogP contribution in [0.2, 0.25) is 0 Å². The number of rotatable bonds is 0. The Kier molecular flexibility index (Phi) is 1.68. The van der Waals surface area contributed by atoms with Gasteiger partial charge in [-0.1, -0.05) is 0 Å². The van der Waals surface area contributed by atoms with Crippen molar-refractivity contribution in [2.24, 2.45) is 0 Å². The first-order valence-electron chi connectivity index (χ1n) is 3.01. The van der Waals surface area contributed by atoms with Gasteiger partial charge in [-0.25, -0.2) is 8.42 Å². The number of likely N-dealkylation sites (tertiary alicyclic amines) is 1. The van der Waals surface area contributed by atoms with Gasteiger partial charge in [0, 0.05) is 19.3 Å². The molecule has 5 heteroatoms. The lowest BCUT2D eigenvalue weighted by atomic mass is 10.2. The number of nitrogens with zero attached hydrogens (tertiary/aromatic N) is 1. The maximum absolute atomic E-state index is 10.8. The van der Waals surface area contributed by atoms with E-state index in [-0.39, 0.29) is 0 Å². The number of hydrogen-bond acceptors (Lipinski definition) is 3. The summed E-state index contributed by atoms with van der Waals surface area (Å²) in [5.74, 6) is 0. The lowest BCUT2D eigenvalue weighted by Gasteiger charge is -2.29. The summed E-state index contributed by atoms with van der Waals surface area (Å²) in [5, 5.41) is -0.737. The van der Waals surface area contributed by atoms with Crippen molar-refractivity contribution in [1.29, 1.82) is 0 Å². The largest absolute Gasteiger partial charge is 0.338 e. The van der Waals surface area contributed by atoms with Crippen LogP contribution in [0.15, 0.2) is 0 Å². The second-order valence-electron chi connectivity index (χ2n) is 2.38. The molecule has 0 saturated carbocycles. The van der Waals surface area contributed by atoms with Gasteiger partial charge in [0.25, 0.3) is 0 Å². The maximum atomic E-state index is 10.8. The van der Waals surface area contributed by atoms with E-state index < -0.39 is 15.1 Å². The molecule has 0 unspecified atom stereocenters. The van der Waals surface area contributed by atoms with Crippen molar-refractivity contribution in [2.45, 2.75) is 6.42 Å². The zero-order valence-electron chi connectivity index (χ0n) is 5.70. The van der Waals surface area contributed by atoms with Crippen LogP contribution in [-0.2, 0) is 9.84 Å². The van der Waals surface area contributed by atoms with Gasteiger partial charge in [0.15, 0.2) is 0 Å². The van der Waals surface area contributed by atoms with Crippen molar-refractivity contribution < 1.29 is 13.2 Å². The van der Waals surface area contributed by atoms with Crippen LogP contribution in [-0.4, -0.2) is 37.9 Å². The van der Waals surface area contributed by atoms with Gasteiger partial charge < -0.3 is 4.90 Å². The van der Waals surface area contributed by atoms with Gasteiger partial charge in [0.1, 0.15) is 0 Å². The topological polar surface area (TPSA) is 54.5 Å². The Bertz CT molecular complexity index is 240. The SMILES string of the molecule is CS(=O)(=O)C(=O)N1CCC1. The van der Waals surface area contributed by atoms with Gasteiger partial charge in [-0.05, 0) is 6.42 Å². The number of carbonyl (C=O) groups is 1. The van der Waals surface area contributed by atoms with E-state index in [1.54, 1.807) is 0 Å². The molecule has 1 aliphatic heterocycles. The van der Waals surface area contributed by atoms with Gasteiger partial charge in [-0.15, -0.1) is 0 Å². The fraction of sp³-hybridized carbons (Fsp3) is 0.800. The molecule has 0 N–H and O–H groups in total. The molecule has 0 radical (unpaired) electrons. The molecule has 10 heavy (non-hydrogen) atoms. The highest BCUT2D eigenvalue weighted by Crippen LogP contribution is 2.09. The van der Waals surface area contributed by atoms with Gasteiger partial charge in [0.2, 0.25) is 9.84 Å². The Labute approximate surface area is 59.7 Å². The third-order valence-electron chi connectivity index (χ3n) is 1.43. The van der Waals surface area contributed by atoms with Crippen molar-refractivity contribution in [3.05, 3.63) is 0 Å². The predicted octanol–water partition coefficient (Wildman–Crippen LogP) is -0.143. The number of amides is 1. The summed E-state index contributed by atoms with van der Waals surface area (Å²) in [7, 11) is -3.48. The van der Waals surface area contributed by atoms with Crippen molar-refractivity contribution >= 4 is 15.1 Å². The summed E-state index contributed by atoms with van der Waals surface area (Å²) in [4.78, 5) is 12.1. The zero-order valence-corrected chi connectivity index (χ0v) is 6.52. The molecular weight excluding hydrogens is 154 g/mol. The van der Waals surface area contributed by atoms with Crippen molar-refractivity contribution in [3.8, 4) is 0 Å². The molecule has 0 bridgehead atoms. The molecule has 0 aliphatic carbocycles. The molecule has 1 fully saturated rings. The molecule has 1 aliphatic rings. The lowest BCUT2D eigenvalue weighted by Crippen LogP contribution is -2.44. The first-order valence-corrected chi connectivity index (χ1v) is 4.90. The Morgan fingerprint density at radius 2 is 1.90 bits per heavy atom. The third kappa shape index (κ3) is 1.29. The monoisotopic (exact) mass is 163 g/mol. The molecule has 0 atom stereocenters. The Balaban J connectivity index is 2.66. The fourth-order valence-corrected chi connectivity index (χ4v) is 1.38. The average Bonchev–Trinajstić information content (AvgIpc) is 1.57. The van der Waals surface area contributed by atoms with E-state index in [4.69, 9.17) is 0 Å². The summed E-state index contributed by atoms with van der Waals surface area (Å²) >= 11 is 0. The minimum atomic E-state index is -3.48. The van der Waals surface area contributed by atoms with E-state index in [9.17, 15) is 13.2 Å². The standard InChI is InChI=1S/C5H9NO3S/c1-10(8,9)5(7)6-3-2-4-6/h2-4H2,1H3. The Morgan fingerprint density at radius 1 is 1.40 bits per heavy atom. The Hall–Kier alpha value is -0.580. The van der Waals surface area contributed by atoms with Crippen LogP contribution in [0.3, 0.4) is 0 Å². The summed E-state index contributed by atoms with van der Waals surface area (Å²) < 4.78 is 21.1. The first kappa shape index (κ1) is 7.53. The van der Waals surface area contributed by atoms with Gasteiger partial charge >= 0.3 is 5.24 Å². The third-order valence-corrected chi connectivity index (χ3v) is 2.32. The van der Waals surface area contributed by atoms with Gasteiger partial charge in [-0.3, -0.25) is 4.79 Å². The second kappa shape index (κ2) is 2.23. The van der Waals surface area contributed by atoms with E-state index >= 15 is 0 Å². The van der Waals surface area contributed by atoms with Crippen molar-refractivity contribution in [3.63, 3.8) is 0 Å². The lowest BCUT2D eigenvalue weighted by molar-refractivity contribution is 0.190. The maximum Gasteiger partial charge on any atom is 0.338 e. The van der Waals surface area contributed by atoms with E-state index in [1.165, 1.54) is 4.90 Å². The van der Waals surface area contributed by atoms with Crippen LogP contribution in [0.25, 0.3) is 0 Å². The minimum Gasteiger partial charge on any atom is -0.329 e. The first-order chi connectivity index (χ1) is 4.52. The average molecular weight is 163 g/mol. The normalized spacial score (nSPS) is 18.3. The highest BCUT2D eigenvalue weighted by Gasteiger charge is 2.27. The van der Waals surface area contributed by atoms with Crippen LogP contribution in [0.1, 0.15) is 6.42 Å².